The Morgan fingerprint density at radius 3 is 3.17 bits per heavy atom. The highest BCUT2D eigenvalue weighted by Gasteiger charge is 2.04. The Hall–Kier alpha value is -1.23. The van der Waals surface area contributed by atoms with Crippen LogP contribution in [-0.2, 0) is 6.54 Å². The zero-order valence-corrected chi connectivity index (χ0v) is 7.34. The van der Waals surface area contributed by atoms with Crippen LogP contribution in [-0.4, -0.2) is 13.3 Å². The van der Waals surface area contributed by atoms with Crippen molar-refractivity contribution in [2.24, 2.45) is 0 Å². The zero-order valence-electron chi connectivity index (χ0n) is 6.52. The molecule has 0 aliphatic carbocycles. The fourth-order valence-electron chi connectivity index (χ4n) is 1.09. The molecule has 0 aliphatic heterocycles. The van der Waals surface area contributed by atoms with Crippen LogP contribution in [0.1, 0.15) is 6.92 Å². The maximum absolute atomic E-state index is 11.2. The maximum atomic E-state index is 11.2. The van der Waals surface area contributed by atoms with Crippen LogP contribution in [0.3, 0.4) is 0 Å². The monoisotopic (exact) mass is 181 g/mol. The normalized spacial score (nSPS) is 10.8. The van der Waals surface area contributed by atoms with Crippen LogP contribution in [0.4, 0.5) is 0 Å². The molecule has 4 nitrogen and oxygen atoms in total. The van der Waals surface area contributed by atoms with Crippen molar-refractivity contribution in [3.05, 3.63) is 22.5 Å². The van der Waals surface area contributed by atoms with E-state index in [1.807, 2.05) is 11.5 Å². The molecule has 0 saturated heterocycles. The molecule has 0 spiro atoms. The Bertz CT molecular complexity index is 459. The number of pyridine rings is 1. The predicted molar refractivity (Wildman–Crippen MR) is 47.3 cm³/mol. The van der Waals surface area contributed by atoms with Gasteiger partial charge in [0.15, 0.2) is 11.2 Å². The second kappa shape index (κ2) is 2.67. The summed E-state index contributed by atoms with van der Waals surface area (Å²) in [4.78, 5) is 11.2. The van der Waals surface area contributed by atoms with Crippen LogP contribution in [0.25, 0.3) is 11.2 Å². The largest absolute Gasteiger partial charge is 0.330 e. The van der Waals surface area contributed by atoms with Crippen molar-refractivity contribution in [3.63, 3.8) is 0 Å². The van der Waals surface area contributed by atoms with E-state index in [2.05, 4.69) is 8.75 Å². The SMILES string of the molecule is CCn1ccc(=O)c2nsnc21. The summed E-state index contributed by atoms with van der Waals surface area (Å²) in [6.07, 6.45) is 1.74. The molecule has 2 rings (SSSR count). The molecule has 5 heteroatoms. The van der Waals surface area contributed by atoms with Crippen LogP contribution in [0.5, 0.6) is 0 Å². The minimum atomic E-state index is -0.0524. The Balaban J connectivity index is 2.92. The van der Waals surface area contributed by atoms with Gasteiger partial charge in [-0.25, -0.2) is 0 Å². The molecular weight excluding hydrogens is 174 g/mol. The molecule has 0 bridgehead atoms. The van der Waals surface area contributed by atoms with Crippen LogP contribution in [0, 0.1) is 0 Å². The molecule has 0 fully saturated rings. The lowest BCUT2D eigenvalue weighted by Crippen LogP contribution is -2.06. The van der Waals surface area contributed by atoms with Crippen molar-refractivity contribution in [2.75, 3.05) is 0 Å². The highest BCUT2D eigenvalue weighted by Crippen LogP contribution is 2.05. The molecule has 0 N–H and O–H groups in total. The van der Waals surface area contributed by atoms with Crippen molar-refractivity contribution in [2.45, 2.75) is 13.5 Å². The molecule has 0 atom stereocenters. The first-order valence-corrected chi connectivity index (χ1v) is 4.37. The molecule has 0 aromatic carbocycles. The van der Waals surface area contributed by atoms with Crippen molar-refractivity contribution in [1.29, 1.82) is 0 Å². The van der Waals surface area contributed by atoms with Crippen molar-refractivity contribution >= 4 is 22.9 Å². The standard InChI is InChI=1S/C7H7N3OS/c1-2-10-4-3-5(11)6-7(10)9-12-8-6/h3-4H,2H2,1H3. The van der Waals surface area contributed by atoms with Crippen molar-refractivity contribution in [3.8, 4) is 0 Å². The predicted octanol–water partition coefficient (Wildman–Crippen LogP) is 0.873. The summed E-state index contributed by atoms with van der Waals surface area (Å²) < 4.78 is 9.87. The van der Waals surface area contributed by atoms with Crippen molar-refractivity contribution < 1.29 is 0 Å². The van der Waals surface area contributed by atoms with E-state index in [0.717, 1.165) is 18.3 Å². The zero-order chi connectivity index (χ0) is 8.55. The Kier molecular flexibility index (Phi) is 1.65. The van der Waals surface area contributed by atoms with Crippen molar-refractivity contribution in [1.82, 2.24) is 13.3 Å². The van der Waals surface area contributed by atoms with E-state index in [1.165, 1.54) is 6.07 Å². The molecule has 0 saturated carbocycles. The number of nitrogens with zero attached hydrogens (tertiary/aromatic N) is 3. The van der Waals surface area contributed by atoms with Gasteiger partial charge in [0, 0.05) is 18.8 Å². The van der Waals surface area contributed by atoms with Gasteiger partial charge in [0.25, 0.3) is 0 Å². The van der Waals surface area contributed by atoms with Gasteiger partial charge in [-0.2, -0.15) is 8.75 Å². The van der Waals surface area contributed by atoms with Gasteiger partial charge in [-0.1, -0.05) is 0 Å². The summed E-state index contributed by atoms with van der Waals surface area (Å²) in [5.41, 5.74) is 1.11. The smallest absolute Gasteiger partial charge is 0.210 e. The molecule has 2 aromatic heterocycles. The van der Waals surface area contributed by atoms with E-state index >= 15 is 0 Å². The molecule has 0 aliphatic rings. The number of hydrogen-bond donors (Lipinski definition) is 0. The average molecular weight is 181 g/mol. The lowest BCUT2D eigenvalue weighted by molar-refractivity contribution is 0.781. The first kappa shape index (κ1) is 7.42. The number of fused-ring (bicyclic) bond motifs is 1. The number of aryl methyl sites for hydroxylation is 1. The van der Waals surface area contributed by atoms with Gasteiger partial charge in [0.1, 0.15) is 0 Å². The summed E-state index contributed by atoms with van der Waals surface area (Å²) in [6.45, 7) is 2.81. The van der Waals surface area contributed by atoms with Crippen LogP contribution >= 0.6 is 11.7 Å². The highest BCUT2D eigenvalue weighted by molar-refractivity contribution is 7.00. The number of hydrogen-bond acceptors (Lipinski definition) is 4. The fourth-order valence-corrected chi connectivity index (χ4v) is 1.65. The van der Waals surface area contributed by atoms with Crippen LogP contribution in [0.2, 0.25) is 0 Å². The maximum Gasteiger partial charge on any atom is 0.210 e. The number of aromatic nitrogens is 3. The van der Waals surface area contributed by atoms with Crippen LogP contribution < -0.4 is 5.43 Å². The average Bonchev–Trinajstić information content (AvgIpc) is 2.54. The van der Waals surface area contributed by atoms with Gasteiger partial charge in [0.05, 0.1) is 11.7 Å². The van der Waals surface area contributed by atoms with E-state index < -0.39 is 0 Å². The molecule has 2 aromatic rings. The van der Waals surface area contributed by atoms with E-state index in [0.29, 0.717) is 11.2 Å². The van der Waals surface area contributed by atoms with Crippen LogP contribution in [0.15, 0.2) is 17.1 Å². The molecule has 0 amide bonds. The van der Waals surface area contributed by atoms with Gasteiger partial charge >= 0.3 is 0 Å². The lowest BCUT2D eigenvalue weighted by Gasteiger charge is -1.99. The van der Waals surface area contributed by atoms with Gasteiger partial charge in [-0.05, 0) is 6.92 Å². The molecule has 2 heterocycles. The summed E-state index contributed by atoms with van der Waals surface area (Å²) in [6, 6.07) is 1.52. The van der Waals surface area contributed by atoms with E-state index in [4.69, 9.17) is 0 Å². The second-order valence-electron chi connectivity index (χ2n) is 2.40. The molecule has 12 heavy (non-hydrogen) atoms. The summed E-state index contributed by atoms with van der Waals surface area (Å²) in [5.74, 6) is 0. The second-order valence-corrected chi connectivity index (χ2v) is 2.93. The van der Waals surface area contributed by atoms with Gasteiger partial charge in [-0.3, -0.25) is 4.79 Å². The Morgan fingerprint density at radius 1 is 1.58 bits per heavy atom. The number of rotatable bonds is 1. The minimum Gasteiger partial charge on any atom is -0.330 e. The summed E-state index contributed by atoms with van der Waals surface area (Å²) in [5, 5.41) is 0. The van der Waals surface area contributed by atoms with E-state index in [1.54, 1.807) is 6.20 Å². The highest BCUT2D eigenvalue weighted by atomic mass is 32.1. The van der Waals surface area contributed by atoms with E-state index in [9.17, 15) is 4.79 Å². The topological polar surface area (TPSA) is 47.8 Å². The third kappa shape index (κ3) is 0.937. The molecular formula is C7H7N3OS. The first-order valence-electron chi connectivity index (χ1n) is 3.64. The Labute approximate surface area is 72.8 Å². The lowest BCUT2D eigenvalue weighted by atomic mass is 10.4. The molecule has 0 radical (unpaired) electrons. The van der Waals surface area contributed by atoms with E-state index in [-0.39, 0.29) is 5.43 Å². The first-order chi connectivity index (χ1) is 5.83. The fraction of sp³-hybridized carbons (Fsp3) is 0.286. The van der Waals surface area contributed by atoms with Gasteiger partial charge in [0.2, 0.25) is 5.43 Å². The molecule has 0 unspecified atom stereocenters. The minimum absolute atomic E-state index is 0.0524. The van der Waals surface area contributed by atoms with Gasteiger partial charge < -0.3 is 4.57 Å². The summed E-state index contributed by atoms with van der Waals surface area (Å²) >= 11 is 1.08. The van der Waals surface area contributed by atoms with Gasteiger partial charge in [-0.15, -0.1) is 0 Å². The third-order valence-corrected chi connectivity index (χ3v) is 2.24. The quantitative estimate of drug-likeness (QED) is 0.656. The third-order valence-electron chi connectivity index (χ3n) is 1.72. The summed E-state index contributed by atoms with van der Waals surface area (Å²) in [7, 11) is 0. The molecule has 62 valence electrons. The Morgan fingerprint density at radius 2 is 2.42 bits per heavy atom.